The standard InChI is InChI=1S/C13H25N3/c1-10(2)16-12(13(3,4)5)9-11(15-16)7-8-14-6/h9-10,14H,7-8H2,1-6H3. The third kappa shape index (κ3) is 3.08. The van der Waals surface area contributed by atoms with Crippen LogP contribution in [0.15, 0.2) is 6.07 Å². The van der Waals surface area contributed by atoms with Crippen LogP contribution >= 0.6 is 0 Å². The van der Waals surface area contributed by atoms with Crippen LogP contribution in [-0.2, 0) is 11.8 Å². The monoisotopic (exact) mass is 223 g/mol. The van der Waals surface area contributed by atoms with Crippen LogP contribution in [-0.4, -0.2) is 23.4 Å². The molecule has 0 bridgehead atoms. The molecule has 1 aromatic rings. The first kappa shape index (κ1) is 13.2. The van der Waals surface area contributed by atoms with Gasteiger partial charge in [0, 0.05) is 30.1 Å². The zero-order chi connectivity index (χ0) is 12.3. The van der Waals surface area contributed by atoms with Crippen LogP contribution < -0.4 is 5.32 Å². The normalized spacial score (nSPS) is 12.4. The van der Waals surface area contributed by atoms with Crippen molar-refractivity contribution in [3.8, 4) is 0 Å². The Labute approximate surface area is 99.2 Å². The molecule has 0 saturated heterocycles. The molecule has 0 aliphatic rings. The van der Waals surface area contributed by atoms with Crippen LogP contribution in [0.25, 0.3) is 0 Å². The molecule has 3 nitrogen and oxygen atoms in total. The Morgan fingerprint density at radius 1 is 1.38 bits per heavy atom. The fourth-order valence-electron chi connectivity index (χ4n) is 1.77. The second kappa shape index (κ2) is 5.00. The first-order valence-corrected chi connectivity index (χ1v) is 6.09. The lowest BCUT2D eigenvalue weighted by Crippen LogP contribution is -2.19. The summed E-state index contributed by atoms with van der Waals surface area (Å²) in [6.45, 7) is 12.1. The molecule has 16 heavy (non-hydrogen) atoms. The highest BCUT2D eigenvalue weighted by molar-refractivity contribution is 5.19. The van der Waals surface area contributed by atoms with Crippen LogP contribution in [0.2, 0.25) is 0 Å². The third-order valence-electron chi connectivity index (χ3n) is 2.68. The second-order valence-corrected chi connectivity index (χ2v) is 5.66. The van der Waals surface area contributed by atoms with E-state index in [-0.39, 0.29) is 5.41 Å². The molecule has 0 radical (unpaired) electrons. The number of rotatable bonds is 4. The SMILES string of the molecule is CNCCc1cc(C(C)(C)C)n(C(C)C)n1. The molecule has 3 heteroatoms. The molecular weight excluding hydrogens is 198 g/mol. The minimum atomic E-state index is 0.162. The molecule has 1 rings (SSSR count). The van der Waals surface area contributed by atoms with E-state index in [4.69, 9.17) is 5.10 Å². The van der Waals surface area contributed by atoms with E-state index in [0.29, 0.717) is 6.04 Å². The number of aromatic nitrogens is 2. The van der Waals surface area contributed by atoms with Gasteiger partial charge in [0.25, 0.3) is 0 Å². The summed E-state index contributed by atoms with van der Waals surface area (Å²) in [5, 5.41) is 7.85. The average molecular weight is 223 g/mol. The third-order valence-corrected chi connectivity index (χ3v) is 2.68. The van der Waals surface area contributed by atoms with Crippen molar-refractivity contribution in [3.05, 3.63) is 17.5 Å². The van der Waals surface area contributed by atoms with Crippen molar-refractivity contribution in [2.45, 2.75) is 52.5 Å². The molecule has 92 valence electrons. The van der Waals surface area contributed by atoms with Crippen LogP contribution in [0.5, 0.6) is 0 Å². The number of likely N-dealkylation sites (N-methyl/N-ethyl adjacent to an activating group) is 1. The van der Waals surface area contributed by atoms with Gasteiger partial charge >= 0.3 is 0 Å². The number of nitrogens with one attached hydrogen (secondary N) is 1. The van der Waals surface area contributed by atoms with Crippen molar-refractivity contribution >= 4 is 0 Å². The highest BCUT2D eigenvalue weighted by Crippen LogP contribution is 2.25. The summed E-state index contributed by atoms with van der Waals surface area (Å²) in [5.74, 6) is 0. The highest BCUT2D eigenvalue weighted by Gasteiger charge is 2.21. The highest BCUT2D eigenvalue weighted by atomic mass is 15.3. The van der Waals surface area contributed by atoms with Gasteiger partial charge in [-0.25, -0.2) is 0 Å². The van der Waals surface area contributed by atoms with E-state index in [1.54, 1.807) is 0 Å². The summed E-state index contributed by atoms with van der Waals surface area (Å²) in [4.78, 5) is 0. The minimum Gasteiger partial charge on any atom is -0.319 e. The largest absolute Gasteiger partial charge is 0.319 e. The van der Waals surface area contributed by atoms with E-state index in [1.807, 2.05) is 7.05 Å². The molecule has 0 fully saturated rings. The predicted molar refractivity (Wildman–Crippen MR) is 68.9 cm³/mol. The maximum absolute atomic E-state index is 4.69. The van der Waals surface area contributed by atoms with Gasteiger partial charge in [-0.05, 0) is 27.0 Å². The first-order valence-electron chi connectivity index (χ1n) is 6.09. The maximum atomic E-state index is 4.69. The van der Waals surface area contributed by atoms with Crippen molar-refractivity contribution < 1.29 is 0 Å². The van der Waals surface area contributed by atoms with Gasteiger partial charge in [-0.15, -0.1) is 0 Å². The smallest absolute Gasteiger partial charge is 0.0640 e. The van der Waals surface area contributed by atoms with E-state index in [0.717, 1.165) is 13.0 Å². The second-order valence-electron chi connectivity index (χ2n) is 5.66. The molecule has 0 atom stereocenters. The lowest BCUT2D eigenvalue weighted by Gasteiger charge is -2.22. The van der Waals surface area contributed by atoms with E-state index in [9.17, 15) is 0 Å². The molecule has 1 aromatic heterocycles. The van der Waals surface area contributed by atoms with Crippen molar-refractivity contribution in [1.29, 1.82) is 0 Å². The first-order chi connectivity index (χ1) is 7.36. The van der Waals surface area contributed by atoms with Crippen LogP contribution in [0.3, 0.4) is 0 Å². The van der Waals surface area contributed by atoms with Gasteiger partial charge in [-0.3, -0.25) is 4.68 Å². The number of hydrogen-bond acceptors (Lipinski definition) is 2. The van der Waals surface area contributed by atoms with Gasteiger partial charge in [-0.1, -0.05) is 20.8 Å². The average Bonchev–Trinajstić information content (AvgIpc) is 2.58. The minimum absolute atomic E-state index is 0.162. The summed E-state index contributed by atoms with van der Waals surface area (Å²) in [7, 11) is 1.98. The number of hydrogen-bond donors (Lipinski definition) is 1. The molecule has 0 spiro atoms. The Morgan fingerprint density at radius 2 is 2.00 bits per heavy atom. The van der Waals surface area contributed by atoms with Crippen molar-refractivity contribution in [2.24, 2.45) is 0 Å². The molecule has 0 unspecified atom stereocenters. The summed E-state index contributed by atoms with van der Waals surface area (Å²) >= 11 is 0. The summed E-state index contributed by atoms with van der Waals surface area (Å²) in [6, 6.07) is 2.68. The zero-order valence-electron chi connectivity index (χ0n) is 11.5. The molecule has 0 aromatic carbocycles. The van der Waals surface area contributed by atoms with Crippen molar-refractivity contribution in [2.75, 3.05) is 13.6 Å². The summed E-state index contributed by atoms with van der Waals surface area (Å²) in [5.41, 5.74) is 2.68. The summed E-state index contributed by atoms with van der Waals surface area (Å²) < 4.78 is 2.16. The van der Waals surface area contributed by atoms with Crippen molar-refractivity contribution in [1.82, 2.24) is 15.1 Å². The van der Waals surface area contributed by atoms with Crippen LogP contribution in [0.4, 0.5) is 0 Å². The Kier molecular flexibility index (Phi) is 4.14. The molecule has 0 aliphatic carbocycles. The van der Waals surface area contributed by atoms with Gasteiger partial charge in [0.1, 0.15) is 0 Å². The van der Waals surface area contributed by atoms with Gasteiger partial charge in [0.05, 0.1) is 5.69 Å². The number of nitrogens with zero attached hydrogens (tertiary/aromatic N) is 2. The summed E-state index contributed by atoms with van der Waals surface area (Å²) in [6.07, 6.45) is 0.999. The quantitative estimate of drug-likeness (QED) is 0.850. The fourth-order valence-corrected chi connectivity index (χ4v) is 1.77. The van der Waals surface area contributed by atoms with Crippen LogP contribution in [0.1, 0.15) is 52.0 Å². The van der Waals surface area contributed by atoms with Crippen molar-refractivity contribution in [3.63, 3.8) is 0 Å². The zero-order valence-corrected chi connectivity index (χ0v) is 11.5. The Hall–Kier alpha value is -0.830. The van der Waals surface area contributed by atoms with E-state index < -0.39 is 0 Å². The molecule has 0 aliphatic heterocycles. The van der Waals surface area contributed by atoms with Gasteiger partial charge in [0.2, 0.25) is 0 Å². The Balaban J connectivity index is 3.01. The van der Waals surface area contributed by atoms with Gasteiger partial charge < -0.3 is 5.32 Å². The lowest BCUT2D eigenvalue weighted by molar-refractivity contribution is 0.444. The predicted octanol–water partition coefficient (Wildman–Crippen LogP) is 2.52. The Morgan fingerprint density at radius 3 is 2.38 bits per heavy atom. The van der Waals surface area contributed by atoms with E-state index in [2.05, 4.69) is 50.7 Å². The molecule has 0 amide bonds. The molecular formula is C13H25N3. The molecule has 0 saturated carbocycles. The molecule has 1 N–H and O–H groups in total. The van der Waals surface area contributed by atoms with Gasteiger partial charge in [0.15, 0.2) is 0 Å². The lowest BCUT2D eigenvalue weighted by atomic mass is 9.91. The maximum Gasteiger partial charge on any atom is 0.0640 e. The van der Waals surface area contributed by atoms with Crippen LogP contribution in [0, 0.1) is 0 Å². The topological polar surface area (TPSA) is 29.9 Å². The molecule has 1 heterocycles. The fraction of sp³-hybridized carbons (Fsp3) is 0.769. The Bertz CT molecular complexity index is 331. The van der Waals surface area contributed by atoms with E-state index in [1.165, 1.54) is 11.4 Å². The van der Waals surface area contributed by atoms with E-state index >= 15 is 0 Å². The van der Waals surface area contributed by atoms with Gasteiger partial charge in [-0.2, -0.15) is 5.10 Å².